The van der Waals surface area contributed by atoms with Gasteiger partial charge in [0.1, 0.15) is 17.7 Å². The number of tetrazole rings is 1. The van der Waals surface area contributed by atoms with E-state index in [1.54, 1.807) is 31.3 Å². The number of halogens is 1. The van der Waals surface area contributed by atoms with E-state index in [1.807, 2.05) is 0 Å². The average Bonchev–Trinajstić information content (AvgIpc) is 3.28. The van der Waals surface area contributed by atoms with E-state index in [-0.39, 0.29) is 13.2 Å². The number of cyclic esters (lactones) is 1. The molecule has 2 N–H and O–H groups in total. The minimum atomic E-state index is -0.610. The van der Waals surface area contributed by atoms with Gasteiger partial charge in [-0.15, -0.1) is 0 Å². The van der Waals surface area contributed by atoms with Crippen molar-refractivity contribution in [3.8, 4) is 11.1 Å². The summed E-state index contributed by atoms with van der Waals surface area (Å²) in [6, 6.07) is 7.84. The van der Waals surface area contributed by atoms with Gasteiger partial charge >= 0.3 is 6.09 Å². The highest BCUT2D eigenvalue weighted by molar-refractivity contribution is 5.90. The van der Waals surface area contributed by atoms with Gasteiger partial charge in [0.25, 0.3) is 0 Å². The Morgan fingerprint density at radius 2 is 2.21 bits per heavy atom. The lowest BCUT2D eigenvalue weighted by Crippen LogP contribution is -2.25. The maximum Gasteiger partial charge on any atom is 0.414 e. The van der Waals surface area contributed by atoms with Crippen LogP contribution >= 0.6 is 0 Å². The van der Waals surface area contributed by atoms with Crippen LogP contribution in [0.2, 0.25) is 0 Å². The molecule has 1 atom stereocenters. The molecule has 3 aromatic rings. The van der Waals surface area contributed by atoms with Crippen LogP contribution in [0.5, 0.6) is 0 Å². The van der Waals surface area contributed by atoms with Crippen molar-refractivity contribution in [3.63, 3.8) is 0 Å². The standard InChI is InChI=1S/C17H16FN7O3/c1-24-16(21-22-23-24)20-15-5-2-10(7-19-15)13-4-3-11(6-14(13)18)25-8-12(9-26)28-17(25)27/h2-7,12,26H,8-9H2,1H3,(H,19,20,21,23). The van der Waals surface area contributed by atoms with Gasteiger partial charge in [-0.25, -0.2) is 18.9 Å². The van der Waals surface area contributed by atoms with Gasteiger partial charge < -0.3 is 15.2 Å². The smallest absolute Gasteiger partial charge is 0.414 e. The van der Waals surface area contributed by atoms with Crippen molar-refractivity contribution in [3.05, 3.63) is 42.3 Å². The molecule has 1 unspecified atom stereocenters. The summed E-state index contributed by atoms with van der Waals surface area (Å²) in [6.45, 7) is -0.105. The molecule has 0 saturated carbocycles. The molecule has 2 aromatic heterocycles. The van der Waals surface area contributed by atoms with Crippen molar-refractivity contribution >= 4 is 23.5 Å². The lowest BCUT2D eigenvalue weighted by molar-refractivity contribution is 0.0963. The molecule has 10 nitrogen and oxygen atoms in total. The second-order valence-electron chi connectivity index (χ2n) is 6.15. The molecule has 0 aliphatic carbocycles. The zero-order valence-electron chi connectivity index (χ0n) is 14.8. The second-order valence-corrected chi connectivity index (χ2v) is 6.15. The zero-order valence-corrected chi connectivity index (χ0v) is 14.8. The Labute approximate surface area is 158 Å². The molecule has 0 radical (unpaired) electrons. The normalized spacial score (nSPS) is 16.3. The number of aliphatic hydroxyl groups is 1. The number of nitrogens with zero attached hydrogens (tertiary/aromatic N) is 6. The number of aliphatic hydroxyl groups excluding tert-OH is 1. The number of hydrogen-bond acceptors (Lipinski definition) is 8. The number of hydrogen-bond donors (Lipinski definition) is 2. The number of carbonyl (C=O) groups is 1. The number of anilines is 3. The molecular formula is C17H16FN7O3. The first-order chi connectivity index (χ1) is 13.5. The Balaban J connectivity index is 1.53. The van der Waals surface area contributed by atoms with E-state index in [0.717, 1.165) is 0 Å². The first-order valence-corrected chi connectivity index (χ1v) is 8.39. The largest absolute Gasteiger partial charge is 0.441 e. The molecule has 1 aromatic carbocycles. The van der Waals surface area contributed by atoms with E-state index < -0.39 is 18.0 Å². The SMILES string of the molecule is Cn1nnnc1Nc1ccc(-c2ccc(N3CC(CO)OC3=O)cc2F)cn1. The fourth-order valence-electron chi connectivity index (χ4n) is 2.81. The molecule has 4 rings (SSSR count). The minimum absolute atomic E-state index is 0.174. The Morgan fingerprint density at radius 3 is 2.82 bits per heavy atom. The molecule has 0 bridgehead atoms. The molecule has 1 aliphatic heterocycles. The number of rotatable bonds is 5. The molecular weight excluding hydrogens is 369 g/mol. The van der Waals surface area contributed by atoms with Gasteiger partial charge in [-0.2, -0.15) is 0 Å². The van der Waals surface area contributed by atoms with Crippen LogP contribution in [-0.2, 0) is 11.8 Å². The third kappa shape index (κ3) is 3.34. The molecule has 1 fully saturated rings. The minimum Gasteiger partial charge on any atom is -0.441 e. The van der Waals surface area contributed by atoms with Crippen LogP contribution in [-0.4, -0.2) is 55.6 Å². The Kier molecular flexibility index (Phi) is 4.57. The molecule has 11 heteroatoms. The molecule has 3 heterocycles. The van der Waals surface area contributed by atoms with Crippen LogP contribution < -0.4 is 10.2 Å². The summed E-state index contributed by atoms with van der Waals surface area (Å²) in [6.07, 6.45) is 0.306. The number of aromatic nitrogens is 5. The van der Waals surface area contributed by atoms with Crippen molar-refractivity contribution in [1.29, 1.82) is 0 Å². The van der Waals surface area contributed by atoms with Crippen molar-refractivity contribution in [2.24, 2.45) is 7.05 Å². The van der Waals surface area contributed by atoms with Gasteiger partial charge in [0.05, 0.1) is 18.8 Å². The maximum absolute atomic E-state index is 14.7. The lowest BCUT2D eigenvalue weighted by atomic mass is 10.1. The van der Waals surface area contributed by atoms with Crippen molar-refractivity contribution in [2.75, 3.05) is 23.4 Å². The predicted molar refractivity (Wildman–Crippen MR) is 96.4 cm³/mol. The quantitative estimate of drug-likeness (QED) is 0.678. The van der Waals surface area contributed by atoms with E-state index >= 15 is 0 Å². The molecule has 28 heavy (non-hydrogen) atoms. The van der Waals surface area contributed by atoms with E-state index in [4.69, 9.17) is 9.84 Å². The molecule has 1 aliphatic rings. The number of amides is 1. The molecule has 0 spiro atoms. The van der Waals surface area contributed by atoms with Gasteiger partial charge in [0, 0.05) is 24.4 Å². The van der Waals surface area contributed by atoms with Gasteiger partial charge in [0.15, 0.2) is 0 Å². The van der Waals surface area contributed by atoms with Crippen molar-refractivity contribution in [1.82, 2.24) is 25.2 Å². The van der Waals surface area contributed by atoms with E-state index in [0.29, 0.717) is 28.6 Å². The van der Waals surface area contributed by atoms with Gasteiger partial charge in [-0.3, -0.25) is 4.90 Å². The fraction of sp³-hybridized carbons (Fsp3) is 0.235. The van der Waals surface area contributed by atoms with Crippen LogP contribution in [0.15, 0.2) is 36.5 Å². The topological polar surface area (TPSA) is 118 Å². The van der Waals surface area contributed by atoms with Gasteiger partial charge in [-0.1, -0.05) is 5.10 Å². The number of benzene rings is 1. The summed E-state index contributed by atoms with van der Waals surface area (Å²) < 4.78 is 21.1. The number of aryl methyl sites for hydroxylation is 1. The van der Waals surface area contributed by atoms with E-state index in [9.17, 15) is 9.18 Å². The third-order valence-electron chi connectivity index (χ3n) is 4.28. The highest BCUT2D eigenvalue weighted by Crippen LogP contribution is 2.29. The monoisotopic (exact) mass is 385 g/mol. The summed E-state index contributed by atoms with van der Waals surface area (Å²) in [5, 5.41) is 23.1. The first kappa shape index (κ1) is 17.8. The number of pyridine rings is 1. The molecule has 1 saturated heterocycles. The second kappa shape index (κ2) is 7.19. The molecule has 144 valence electrons. The molecule has 1 amide bonds. The highest BCUT2D eigenvalue weighted by atomic mass is 19.1. The summed E-state index contributed by atoms with van der Waals surface area (Å²) in [4.78, 5) is 17.4. The lowest BCUT2D eigenvalue weighted by Gasteiger charge is -2.14. The van der Waals surface area contributed by atoms with E-state index in [2.05, 4.69) is 25.8 Å². The number of nitrogens with one attached hydrogen (secondary N) is 1. The van der Waals surface area contributed by atoms with Crippen molar-refractivity contribution in [2.45, 2.75) is 6.10 Å². The van der Waals surface area contributed by atoms with Crippen LogP contribution in [0.4, 0.5) is 26.6 Å². The third-order valence-corrected chi connectivity index (χ3v) is 4.28. The van der Waals surface area contributed by atoms with Crippen LogP contribution in [0.25, 0.3) is 11.1 Å². The van der Waals surface area contributed by atoms with Gasteiger partial charge in [-0.05, 0) is 40.8 Å². The average molecular weight is 385 g/mol. The maximum atomic E-state index is 14.7. The highest BCUT2D eigenvalue weighted by Gasteiger charge is 2.32. The summed E-state index contributed by atoms with van der Waals surface area (Å²) in [7, 11) is 1.69. The Bertz CT molecular complexity index is 1010. The van der Waals surface area contributed by atoms with E-state index in [1.165, 1.54) is 21.8 Å². The number of ether oxygens (including phenoxy) is 1. The predicted octanol–water partition coefficient (Wildman–Crippen LogP) is 1.47. The summed E-state index contributed by atoms with van der Waals surface area (Å²) in [5.74, 6) is 0.431. The van der Waals surface area contributed by atoms with Crippen LogP contribution in [0.1, 0.15) is 0 Å². The van der Waals surface area contributed by atoms with Gasteiger partial charge in [0.2, 0.25) is 5.95 Å². The first-order valence-electron chi connectivity index (χ1n) is 8.39. The summed E-state index contributed by atoms with van der Waals surface area (Å²) >= 11 is 0. The van der Waals surface area contributed by atoms with Crippen molar-refractivity contribution < 1.29 is 19.0 Å². The number of carbonyl (C=O) groups excluding carboxylic acids is 1. The Morgan fingerprint density at radius 1 is 1.36 bits per heavy atom. The summed E-state index contributed by atoms with van der Waals surface area (Å²) in [5.41, 5.74) is 1.28. The zero-order chi connectivity index (χ0) is 19.7. The Hall–Kier alpha value is -3.60. The fourth-order valence-corrected chi connectivity index (χ4v) is 2.81. The van der Waals surface area contributed by atoms with Crippen LogP contribution in [0, 0.1) is 5.82 Å². The van der Waals surface area contributed by atoms with Crippen LogP contribution in [0.3, 0.4) is 0 Å².